The molecule has 1 aromatic rings. The fourth-order valence-electron chi connectivity index (χ4n) is 2.77. The molecule has 2 fully saturated rings. The highest BCUT2D eigenvalue weighted by Gasteiger charge is 2.32. The summed E-state index contributed by atoms with van der Waals surface area (Å²) in [6.07, 6.45) is 0. The monoisotopic (exact) mass is 339 g/mol. The molecule has 0 unspecified atom stereocenters. The molecule has 0 aliphatic carbocycles. The van der Waals surface area contributed by atoms with Crippen molar-refractivity contribution in [1.82, 2.24) is 15.1 Å². The number of nitrogens with one attached hydrogen (secondary N) is 1. The first-order valence-electron chi connectivity index (χ1n) is 7.62. The molecule has 0 spiro atoms. The maximum atomic E-state index is 12.4. The van der Waals surface area contributed by atoms with E-state index in [-0.39, 0.29) is 30.1 Å². The van der Waals surface area contributed by atoms with E-state index in [0.29, 0.717) is 31.7 Å². The van der Waals surface area contributed by atoms with Gasteiger partial charge in [-0.25, -0.2) is 0 Å². The lowest BCUT2D eigenvalue weighted by molar-refractivity contribution is -0.138. The number of hydrogen-bond acceptors (Lipinski definition) is 4. The average Bonchev–Trinajstić information content (AvgIpc) is 2.53. The molecule has 2 amide bonds. The Balaban J connectivity index is 0.00000192. The van der Waals surface area contributed by atoms with Gasteiger partial charge in [0.25, 0.3) is 5.91 Å². The van der Waals surface area contributed by atoms with Crippen molar-refractivity contribution >= 4 is 24.2 Å². The number of piperazine rings is 1. The van der Waals surface area contributed by atoms with Gasteiger partial charge in [-0.2, -0.15) is 0 Å². The van der Waals surface area contributed by atoms with Crippen molar-refractivity contribution in [2.75, 3.05) is 46.4 Å². The van der Waals surface area contributed by atoms with E-state index >= 15 is 0 Å². The van der Waals surface area contributed by atoms with Gasteiger partial charge in [0.1, 0.15) is 5.75 Å². The molecule has 6 nitrogen and oxygen atoms in total. The van der Waals surface area contributed by atoms with Gasteiger partial charge in [0.05, 0.1) is 13.0 Å². The van der Waals surface area contributed by atoms with Crippen LogP contribution in [0, 0.1) is 5.92 Å². The summed E-state index contributed by atoms with van der Waals surface area (Å²) in [5.41, 5.74) is 0.656. The summed E-state index contributed by atoms with van der Waals surface area (Å²) in [5.74, 6) is 1.10. The number of ether oxygens (including phenoxy) is 1. The van der Waals surface area contributed by atoms with E-state index in [1.165, 1.54) is 0 Å². The van der Waals surface area contributed by atoms with Crippen LogP contribution in [0.1, 0.15) is 10.4 Å². The minimum Gasteiger partial charge on any atom is -0.497 e. The topological polar surface area (TPSA) is 61.9 Å². The Hall–Kier alpha value is -1.79. The highest BCUT2D eigenvalue weighted by molar-refractivity contribution is 5.94. The van der Waals surface area contributed by atoms with Gasteiger partial charge < -0.3 is 19.9 Å². The number of amides is 2. The van der Waals surface area contributed by atoms with Gasteiger partial charge >= 0.3 is 0 Å². The Labute approximate surface area is 142 Å². The van der Waals surface area contributed by atoms with Crippen LogP contribution in [0.15, 0.2) is 24.3 Å². The van der Waals surface area contributed by atoms with Crippen LogP contribution in [0.3, 0.4) is 0 Å². The Morgan fingerprint density at radius 2 is 1.61 bits per heavy atom. The van der Waals surface area contributed by atoms with E-state index in [1.807, 2.05) is 9.80 Å². The summed E-state index contributed by atoms with van der Waals surface area (Å²) in [7, 11) is 1.60. The Bertz CT molecular complexity index is 552. The highest BCUT2D eigenvalue weighted by atomic mass is 35.5. The molecule has 2 aliphatic rings. The number of hydrogen-bond donors (Lipinski definition) is 1. The first kappa shape index (κ1) is 17.6. The molecule has 0 radical (unpaired) electrons. The van der Waals surface area contributed by atoms with E-state index < -0.39 is 0 Å². The summed E-state index contributed by atoms with van der Waals surface area (Å²) < 4.78 is 5.10. The molecular weight excluding hydrogens is 318 g/mol. The van der Waals surface area contributed by atoms with Crippen LogP contribution in [0.5, 0.6) is 5.75 Å². The van der Waals surface area contributed by atoms with Crippen LogP contribution < -0.4 is 10.1 Å². The van der Waals surface area contributed by atoms with Gasteiger partial charge in [-0.3, -0.25) is 9.59 Å². The second kappa shape index (κ2) is 7.66. The third kappa shape index (κ3) is 3.76. The van der Waals surface area contributed by atoms with Crippen molar-refractivity contribution < 1.29 is 14.3 Å². The van der Waals surface area contributed by atoms with Crippen LogP contribution in [-0.4, -0.2) is 68.0 Å². The maximum Gasteiger partial charge on any atom is 0.253 e. The smallest absolute Gasteiger partial charge is 0.253 e. The van der Waals surface area contributed by atoms with Gasteiger partial charge in [-0.05, 0) is 24.3 Å². The van der Waals surface area contributed by atoms with E-state index in [4.69, 9.17) is 4.74 Å². The lowest BCUT2D eigenvalue weighted by atomic mass is 10.0. The van der Waals surface area contributed by atoms with Crippen molar-refractivity contribution in [1.29, 1.82) is 0 Å². The first-order chi connectivity index (χ1) is 10.7. The van der Waals surface area contributed by atoms with Crippen LogP contribution in [0.4, 0.5) is 0 Å². The predicted octanol–water partition coefficient (Wildman–Crippen LogP) is 0.621. The number of carbonyl (C=O) groups is 2. The predicted molar refractivity (Wildman–Crippen MR) is 89.1 cm³/mol. The van der Waals surface area contributed by atoms with E-state index in [9.17, 15) is 9.59 Å². The second-order valence-corrected chi connectivity index (χ2v) is 5.70. The van der Waals surface area contributed by atoms with Gasteiger partial charge in [0, 0.05) is 44.8 Å². The fraction of sp³-hybridized carbons (Fsp3) is 0.500. The summed E-state index contributed by atoms with van der Waals surface area (Å²) in [5, 5.41) is 3.12. The van der Waals surface area contributed by atoms with Gasteiger partial charge in [-0.15, -0.1) is 12.4 Å². The third-order valence-electron chi connectivity index (χ3n) is 4.35. The lowest BCUT2D eigenvalue weighted by Crippen LogP contribution is -2.57. The SMILES string of the molecule is COc1ccc(C(=O)N2CCN(C(=O)C3CNC3)CC2)cc1.Cl. The fourth-order valence-corrected chi connectivity index (χ4v) is 2.77. The lowest BCUT2D eigenvalue weighted by Gasteiger charge is -2.38. The number of benzene rings is 1. The molecule has 126 valence electrons. The molecule has 0 saturated carbocycles. The molecule has 2 heterocycles. The molecule has 1 N–H and O–H groups in total. The highest BCUT2D eigenvalue weighted by Crippen LogP contribution is 2.15. The third-order valence-corrected chi connectivity index (χ3v) is 4.35. The normalized spacial score (nSPS) is 18.0. The van der Waals surface area contributed by atoms with E-state index in [1.54, 1.807) is 31.4 Å². The zero-order chi connectivity index (χ0) is 15.5. The van der Waals surface area contributed by atoms with Crippen molar-refractivity contribution in [3.63, 3.8) is 0 Å². The van der Waals surface area contributed by atoms with E-state index in [0.717, 1.165) is 18.8 Å². The molecule has 7 heteroatoms. The molecular formula is C16H22ClN3O3. The Morgan fingerprint density at radius 1 is 1.04 bits per heavy atom. The van der Waals surface area contributed by atoms with E-state index in [2.05, 4.69) is 5.32 Å². The molecule has 2 saturated heterocycles. The van der Waals surface area contributed by atoms with Crippen molar-refractivity contribution in [3.8, 4) is 5.75 Å². The van der Waals surface area contributed by atoms with Crippen LogP contribution >= 0.6 is 12.4 Å². The Kier molecular flexibility index (Phi) is 5.85. The molecule has 3 rings (SSSR count). The molecule has 0 bridgehead atoms. The second-order valence-electron chi connectivity index (χ2n) is 5.70. The molecule has 2 aliphatic heterocycles. The largest absolute Gasteiger partial charge is 0.497 e. The number of methoxy groups -OCH3 is 1. The summed E-state index contributed by atoms with van der Waals surface area (Å²) in [4.78, 5) is 28.3. The molecule has 0 aromatic heterocycles. The molecule has 0 atom stereocenters. The average molecular weight is 340 g/mol. The quantitative estimate of drug-likeness (QED) is 0.877. The maximum absolute atomic E-state index is 12.4. The van der Waals surface area contributed by atoms with Gasteiger partial charge in [0.2, 0.25) is 5.91 Å². The minimum atomic E-state index is 0. The summed E-state index contributed by atoms with van der Waals surface area (Å²) in [6.45, 7) is 4.00. The minimum absolute atomic E-state index is 0. The summed E-state index contributed by atoms with van der Waals surface area (Å²) >= 11 is 0. The summed E-state index contributed by atoms with van der Waals surface area (Å²) in [6, 6.07) is 7.13. The number of halogens is 1. The van der Waals surface area contributed by atoms with Gasteiger partial charge in [0.15, 0.2) is 0 Å². The number of nitrogens with zero attached hydrogens (tertiary/aromatic N) is 2. The molecule has 1 aromatic carbocycles. The van der Waals surface area contributed by atoms with Crippen molar-refractivity contribution in [2.45, 2.75) is 0 Å². The molecule has 23 heavy (non-hydrogen) atoms. The Morgan fingerprint density at radius 3 is 2.09 bits per heavy atom. The zero-order valence-electron chi connectivity index (χ0n) is 13.2. The van der Waals surface area contributed by atoms with Gasteiger partial charge in [-0.1, -0.05) is 0 Å². The van der Waals surface area contributed by atoms with Crippen molar-refractivity contribution in [2.24, 2.45) is 5.92 Å². The number of carbonyl (C=O) groups excluding carboxylic acids is 2. The van der Waals surface area contributed by atoms with Crippen LogP contribution in [0.2, 0.25) is 0 Å². The van der Waals surface area contributed by atoms with Crippen LogP contribution in [-0.2, 0) is 4.79 Å². The first-order valence-corrected chi connectivity index (χ1v) is 7.62. The number of rotatable bonds is 3. The zero-order valence-corrected chi connectivity index (χ0v) is 14.0. The standard InChI is InChI=1S/C16H21N3O3.ClH/c1-22-14-4-2-12(3-5-14)15(20)18-6-8-19(9-7-18)16(21)13-10-17-11-13;/h2-5,13,17H,6-11H2,1H3;1H. The van der Waals surface area contributed by atoms with Crippen molar-refractivity contribution in [3.05, 3.63) is 29.8 Å². The van der Waals surface area contributed by atoms with Crippen LogP contribution in [0.25, 0.3) is 0 Å².